The van der Waals surface area contributed by atoms with Gasteiger partial charge >= 0.3 is 11.7 Å². The summed E-state index contributed by atoms with van der Waals surface area (Å²) < 4.78 is 4.80. The highest BCUT2D eigenvalue weighted by Gasteiger charge is 2.50. The maximum absolute atomic E-state index is 13.3. The molecular formula is C20H24N3O4+. The average molecular weight is 370 g/mol. The molecule has 1 aliphatic heterocycles. The van der Waals surface area contributed by atoms with Crippen LogP contribution in [0.2, 0.25) is 0 Å². The number of diazo groups is 1. The summed E-state index contributed by atoms with van der Waals surface area (Å²) in [5, 5.41) is 19.9. The number of allylic oxidation sites excluding steroid dienone is 1. The quantitative estimate of drug-likeness (QED) is 0.271. The molecule has 1 saturated heterocycles. The van der Waals surface area contributed by atoms with Crippen molar-refractivity contribution in [2.45, 2.75) is 33.1 Å². The second-order valence-electron chi connectivity index (χ2n) is 6.53. The summed E-state index contributed by atoms with van der Waals surface area (Å²) in [6.07, 6.45) is 3.28. The van der Waals surface area contributed by atoms with Crippen molar-refractivity contribution in [2.24, 2.45) is 5.41 Å². The first-order valence-electron chi connectivity index (χ1n) is 8.87. The highest BCUT2D eigenvalue weighted by molar-refractivity contribution is 6.02. The summed E-state index contributed by atoms with van der Waals surface area (Å²) in [5.41, 5.74) is -0.367. The zero-order valence-corrected chi connectivity index (χ0v) is 15.6. The van der Waals surface area contributed by atoms with Crippen molar-refractivity contribution in [1.82, 2.24) is 0 Å². The predicted molar refractivity (Wildman–Crippen MR) is 101 cm³/mol. The van der Waals surface area contributed by atoms with E-state index in [0.29, 0.717) is 25.8 Å². The van der Waals surface area contributed by atoms with E-state index in [2.05, 4.69) is 11.6 Å². The van der Waals surface area contributed by atoms with Crippen LogP contribution in [0.1, 0.15) is 32.3 Å². The Labute approximate surface area is 158 Å². The fourth-order valence-electron chi connectivity index (χ4n) is 3.29. The van der Waals surface area contributed by atoms with Crippen LogP contribution in [0.15, 0.2) is 48.4 Å². The summed E-state index contributed by atoms with van der Waals surface area (Å²) in [4.78, 5) is 29.7. The molecule has 0 spiro atoms. The molecule has 2 rings (SSSR count). The van der Waals surface area contributed by atoms with Crippen LogP contribution < -0.4 is 4.90 Å². The van der Waals surface area contributed by atoms with Gasteiger partial charge in [0.15, 0.2) is 4.98 Å². The van der Waals surface area contributed by atoms with Crippen LogP contribution in [0, 0.1) is 10.8 Å². The molecule has 1 N–H and O–H groups in total. The van der Waals surface area contributed by atoms with Gasteiger partial charge in [0, 0.05) is 12.2 Å². The Hall–Kier alpha value is -3.14. The number of carbonyl (C=O) groups excluding carboxylic acids is 2. The highest BCUT2D eigenvalue weighted by atomic mass is 16.5. The minimum atomic E-state index is -1.39. The number of aliphatic hydroxyl groups is 1. The maximum Gasteiger partial charge on any atom is 0.506 e. The van der Waals surface area contributed by atoms with Crippen molar-refractivity contribution in [3.05, 3.63) is 58.9 Å². The number of carbonyl (C=O) groups is 2. The number of aliphatic hydroxyl groups excluding tert-OH is 1. The molecule has 142 valence electrons. The normalized spacial score (nSPS) is 20.5. The Morgan fingerprint density at radius 3 is 2.81 bits per heavy atom. The SMILES string of the molecule is C=CCc1ccccc1N1CCCC(C)(/C(O)=C(\[N+]#N)C(=O)OCC)C1=O. The number of rotatable bonds is 6. The first-order chi connectivity index (χ1) is 12.9. The minimum absolute atomic E-state index is 0.0524. The van der Waals surface area contributed by atoms with Gasteiger partial charge in [0.2, 0.25) is 17.1 Å². The Kier molecular flexibility index (Phi) is 6.35. The molecule has 7 heteroatoms. The van der Waals surface area contributed by atoms with Gasteiger partial charge in [0.05, 0.1) is 6.61 Å². The van der Waals surface area contributed by atoms with Gasteiger partial charge < -0.3 is 14.7 Å². The Morgan fingerprint density at radius 1 is 1.48 bits per heavy atom. The van der Waals surface area contributed by atoms with E-state index in [1.54, 1.807) is 17.9 Å². The molecule has 27 heavy (non-hydrogen) atoms. The topological polar surface area (TPSA) is 95.0 Å². The number of ether oxygens (including phenoxy) is 1. The lowest BCUT2D eigenvalue weighted by Crippen LogP contribution is -2.49. The summed E-state index contributed by atoms with van der Waals surface area (Å²) >= 11 is 0. The van der Waals surface area contributed by atoms with Crippen molar-refractivity contribution in [1.29, 1.82) is 5.39 Å². The lowest BCUT2D eigenvalue weighted by molar-refractivity contribution is -0.138. The first kappa shape index (κ1) is 20.2. The van der Waals surface area contributed by atoms with E-state index in [1.807, 2.05) is 24.3 Å². The van der Waals surface area contributed by atoms with Crippen molar-refractivity contribution in [3.63, 3.8) is 0 Å². The van der Waals surface area contributed by atoms with Gasteiger partial charge in [-0.2, -0.15) is 0 Å². The van der Waals surface area contributed by atoms with E-state index in [-0.39, 0.29) is 12.5 Å². The van der Waals surface area contributed by atoms with E-state index in [1.165, 1.54) is 6.92 Å². The number of esters is 1. The first-order valence-corrected chi connectivity index (χ1v) is 8.87. The third kappa shape index (κ3) is 3.85. The number of piperidine rings is 1. The van der Waals surface area contributed by atoms with Crippen LogP contribution in [0.5, 0.6) is 0 Å². The molecule has 7 nitrogen and oxygen atoms in total. The van der Waals surface area contributed by atoms with Crippen molar-refractivity contribution >= 4 is 17.6 Å². The fourth-order valence-corrected chi connectivity index (χ4v) is 3.29. The smallest absolute Gasteiger partial charge is 0.504 e. The number of amides is 1. The summed E-state index contributed by atoms with van der Waals surface area (Å²) in [5.74, 6) is -1.93. The van der Waals surface area contributed by atoms with Crippen LogP contribution >= 0.6 is 0 Å². The molecular weight excluding hydrogens is 346 g/mol. The molecule has 1 aliphatic rings. The molecule has 1 aromatic rings. The van der Waals surface area contributed by atoms with Gasteiger partial charge in [0.25, 0.3) is 0 Å². The van der Waals surface area contributed by atoms with Crippen LogP contribution in [-0.2, 0) is 20.7 Å². The van der Waals surface area contributed by atoms with Gasteiger partial charge in [0.1, 0.15) is 5.41 Å². The number of nitrogens with zero attached hydrogens (tertiary/aromatic N) is 3. The molecule has 1 fully saturated rings. The average Bonchev–Trinajstić information content (AvgIpc) is 2.66. The number of benzene rings is 1. The molecule has 0 radical (unpaired) electrons. The van der Waals surface area contributed by atoms with Gasteiger partial charge in [-0.05, 0) is 44.7 Å². The zero-order valence-electron chi connectivity index (χ0n) is 15.6. The zero-order chi connectivity index (χ0) is 20.0. The monoisotopic (exact) mass is 370 g/mol. The van der Waals surface area contributed by atoms with E-state index in [0.717, 1.165) is 11.3 Å². The minimum Gasteiger partial charge on any atom is -0.504 e. The number of para-hydroxylation sites is 1. The van der Waals surface area contributed by atoms with Crippen LogP contribution in [0.4, 0.5) is 5.69 Å². The Morgan fingerprint density at radius 2 is 2.19 bits per heavy atom. The second kappa shape index (κ2) is 8.49. The van der Waals surface area contributed by atoms with E-state index < -0.39 is 22.8 Å². The standard InChI is InChI=1S/C20H23N3O4/c1-4-9-14-10-6-7-11-15(14)23-13-8-12-20(3,19(23)26)17(24)16(22-21)18(25)27-5-2/h4,6-7,10-11H,1,5,8-9,12-13H2,2-3H3/p+1. The Bertz CT molecular complexity index is 825. The molecule has 1 amide bonds. The molecule has 1 aromatic carbocycles. The summed E-state index contributed by atoms with van der Waals surface area (Å²) in [6, 6.07) is 7.48. The molecule has 0 bridgehead atoms. The van der Waals surface area contributed by atoms with Gasteiger partial charge in [-0.25, -0.2) is 4.79 Å². The van der Waals surface area contributed by atoms with Crippen molar-refractivity contribution in [2.75, 3.05) is 18.1 Å². The van der Waals surface area contributed by atoms with Crippen LogP contribution in [-0.4, -0.2) is 30.1 Å². The van der Waals surface area contributed by atoms with Crippen molar-refractivity contribution < 1.29 is 19.4 Å². The summed E-state index contributed by atoms with van der Waals surface area (Å²) in [7, 11) is 0. The predicted octanol–water partition coefficient (Wildman–Crippen LogP) is 3.73. The molecule has 1 atom stereocenters. The van der Waals surface area contributed by atoms with Gasteiger partial charge in [-0.1, -0.05) is 24.3 Å². The number of anilines is 1. The van der Waals surface area contributed by atoms with E-state index >= 15 is 0 Å². The van der Waals surface area contributed by atoms with Crippen LogP contribution in [0.3, 0.4) is 0 Å². The molecule has 1 heterocycles. The maximum atomic E-state index is 13.3. The largest absolute Gasteiger partial charge is 0.506 e. The molecule has 0 aromatic heterocycles. The summed E-state index contributed by atoms with van der Waals surface area (Å²) in [6.45, 7) is 7.42. The lowest BCUT2D eigenvalue weighted by atomic mass is 9.78. The number of hydrogen-bond acceptors (Lipinski definition) is 5. The van der Waals surface area contributed by atoms with Crippen LogP contribution in [0.25, 0.3) is 4.98 Å². The van der Waals surface area contributed by atoms with Gasteiger partial charge in [-0.15, -0.1) is 6.58 Å². The third-order valence-electron chi connectivity index (χ3n) is 4.74. The second-order valence-corrected chi connectivity index (χ2v) is 6.53. The molecule has 0 aliphatic carbocycles. The van der Waals surface area contributed by atoms with Gasteiger partial charge in [-0.3, -0.25) is 4.79 Å². The molecule has 1 unspecified atom stereocenters. The van der Waals surface area contributed by atoms with Crippen molar-refractivity contribution in [3.8, 4) is 0 Å². The van der Waals surface area contributed by atoms with E-state index in [9.17, 15) is 20.1 Å². The van der Waals surface area contributed by atoms with E-state index in [4.69, 9.17) is 4.74 Å². The Balaban J connectivity index is 2.48. The lowest BCUT2D eigenvalue weighted by Gasteiger charge is -2.38. The number of hydrogen-bond donors (Lipinski definition) is 1. The third-order valence-corrected chi connectivity index (χ3v) is 4.74. The molecule has 0 saturated carbocycles. The highest BCUT2D eigenvalue weighted by Crippen LogP contribution is 2.41. The fraction of sp³-hybridized carbons (Fsp3) is 0.400.